The van der Waals surface area contributed by atoms with Gasteiger partial charge >= 0.3 is 0 Å². The summed E-state index contributed by atoms with van der Waals surface area (Å²) in [6, 6.07) is 57.0. The Morgan fingerprint density at radius 2 is 0.852 bits per heavy atom. The molecule has 0 aromatic heterocycles. The lowest BCUT2D eigenvalue weighted by molar-refractivity contribution is -0.0140. The standard InChI is InChI=1S/C27H31NO2.C18H21NO.C9H11BrO/c1-30-26-14-12-22(13-15-26)16-19-28-20-17-25(18-21-28)27(29,23-8-4-2-5-9-23)24-10-6-3-7-11-24;20-18(15-7-3-1-4-8-15,16-9-5-2-6-10-16)17-11-13-19-14-12-17;1-11-9-4-2-8(3-5-9)6-7-10/h2-15,25,29H,16-21H2,1H3;1-10,17,19-20H,11-14H2;2-5H,6-7H2,1H3. The molecule has 0 unspecified atom stereocenters. The van der Waals surface area contributed by atoms with Crippen molar-refractivity contribution in [3.8, 4) is 11.5 Å². The Morgan fingerprint density at radius 1 is 0.508 bits per heavy atom. The van der Waals surface area contributed by atoms with Gasteiger partial charge < -0.3 is 29.9 Å². The first-order chi connectivity index (χ1) is 29.9. The molecule has 3 N–H and O–H groups in total. The van der Waals surface area contributed by atoms with E-state index in [9.17, 15) is 10.2 Å². The van der Waals surface area contributed by atoms with Crippen molar-refractivity contribution in [1.82, 2.24) is 10.2 Å². The van der Waals surface area contributed by atoms with Crippen LogP contribution in [-0.2, 0) is 24.0 Å². The minimum Gasteiger partial charge on any atom is -0.497 e. The van der Waals surface area contributed by atoms with E-state index in [1.54, 1.807) is 14.2 Å². The first kappa shape index (κ1) is 45.8. The number of hydrogen-bond donors (Lipinski definition) is 3. The molecule has 2 aliphatic heterocycles. The Kier molecular flexibility index (Phi) is 17.6. The van der Waals surface area contributed by atoms with E-state index >= 15 is 0 Å². The summed E-state index contributed by atoms with van der Waals surface area (Å²) in [5.41, 5.74) is 4.83. The Balaban J connectivity index is 0.000000172. The van der Waals surface area contributed by atoms with Crippen molar-refractivity contribution in [2.45, 2.75) is 49.7 Å². The van der Waals surface area contributed by atoms with Gasteiger partial charge in [0.25, 0.3) is 0 Å². The summed E-state index contributed by atoms with van der Waals surface area (Å²) in [7, 11) is 3.38. The summed E-state index contributed by atoms with van der Waals surface area (Å²) >= 11 is 3.39. The number of benzene rings is 6. The summed E-state index contributed by atoms with van der Waals surface area (Å²) in [6.45, 7) is 5.04. The molecule has 2 heterocycles. The van der Waals surface area contributed by atoms with Crippen LogP contribution in [-0.4, -0.2) is 67.4 Å². The van der Waals surface area contributed by atoms with Crippen molar-refractivity contribution < 1.29 is 19.7 Å². The first-order valence-corrected chi connectivity index (χ1v) is 22.9. The van der Waals surface area contributed by atoms with Gasteiger partial charge in [-0.15, -0.1) is 0 Å². The third-order valence-corrected chi connectivity index (χ3v) is 12.8. The summed E-state index contributed by atoms with van der Waals surface area (Å²) in [6.07, 6.45) is 6.09. The number of likely N-dealkylation sites (tertiary alicyclic amines) is 1. The number of alkyl halides is 1. The topological polar surface area (TPSA) is 74.2 Å². The molecule has 0 radical (unpaired) electrons. The second-order valence-electron chi connectivity index (χ2n) is 16.0. The van der Waals surface area contributed by atoms with Gasteiger partial charge in [-0.3, -0.25) is 0 Å². The highest BCUT2D eigenvalue weighted by molar-refractivity contribution is 9.09. The van der Waals surface area contributed by atoms with Crippen LogP contribution in [0.3, 0.4) is 0 Å². The zero-order valence-electron chi connectivity index (χ0n) is 35.8. The number of rotatable bonds is 13. The second kappa shape index (κ2) is 23.5. The molecule has 8 rings (SSSR count). The van der Waals surface area contributed by atoms with Crippen molar-refractivity contribution >= 4 is 15.9 Å². The third kappa shape index (κ3) is 12.2. The van der Waals surface area contributed by atoms with E-state index in [0.29, 0.717) is 0 Å². The van der Waals surface area contributed by atoms with Gasteiger partial charge in [-0.1, -0.05) is 162 Å². The van der Waals surface area contributed by atoms with Crippen molar-refractivity contribution in [3.05, 3.63) is 203 Å². The molecule has 6 nitrogen and oxygen atoms in total. The van der Waals surface area contributed by atoms with E-state index in [4.69, 9.17) is 9.47 Å². The van der Waals surface area contributed by atoms with Gasteiger partial charge in [0.05, 0.1) is 14.2 Å². The van der Waals surface area contributed by atoms with Crippen molar-refractivity contribution in [2.24, 2.45) is 11.8 Å². The average molecular weight is 884 g/mol. The minimum atomic E-state index is -0.940. The maximum absolute atomic E-state index is 12.0. The van der Waals surface area contributed by atoms with Gasteiger partial charge in [0.2, 0.25) is 0 Å². The molecule has 0 spiro atoms. The van der Waals surface area contributed by atoms with Crippen LogP contribution >= 0.6 is 15.9 Å². The molecule has 0 bridgehead atoms. The Morgan fingerprint density at radius 3 is 1.20 bits per heavy atom. The van der Waals surface area contributed by atoms with Gasteiger partial charge in [-0.25, -0.2) is 0 Å². The molecule has 0 saturated carbocycles. The van der Waals surface area contributed by atoms with Crippen LogP contribution < -0.4 is 14.8 Å². The molecule has 0 amide bonds. The normalized spacial score (nSPS) is 15.1. The van der Waals surface area contributed by atoms with Crippen molar-refractivity contribution in [3.63, 3.8) is 0 Å². The molecule has 6 aromatic rings. The lowest BCUT2D eigenvalue weighted by Gasteiger charge is -2.42. The van der Waals surface area contributed by atoms with E-state index in [2.05, 4.69) is 74.7 Å². The molecule has 2 saturated heterocycles. The Bertz CT molecular complexity index is 2010. The summed E-state index contributed by atoms with van der Waals surface area (Å²) < 4.78 is 10.3. The molecule has 320 valence electrons. The second-order valence-corrected chi connectivity index (χ2v) is 16.8. The third-order valence-electron chi connectivity index (χ3n) is 12.4. The maximum atomic E-state index is 12.0. The maximum Gasteiger partial charge on any atom is 0.118 e. The number of aliphatic hydroxyl groups is 2. The monoisotopic (exact) mass is 882 g/mol. The molecule has 6 aromatic carbocycles. The van der Waals surface area contributed by atoms with Crippen LogP contribution in [0, 0.1) is 11.8 Å². The number of hydrogen-bond acceptors (Lipinski definition) is 6. The smallest absolute Gasteiger partial charge is 0.118 e. The molecular weight excluding hydrogens is 821 g/mol. The molecule has 2 fully saturated rings. The zero-order valence-corrected chi connectivity index (χ0v) is 37.4. The van der Waals surface area contributed by atoms with Gasteiger partial charge in [0, 0.05) is 11.9 Å². The van der Waals surface area contributed by atoms with Crippen LogP contribution in [0.25, 0.3) is 0 Å². The SMILES string of the molecule is COc1ccc(CCBr)cc1.COc1ccc(CCN2CCC(C(O)(c3ccccc3)c3ccccc3)CC2)cc1.OC(c1ccccc1)(c1ccccc1)C1CCNCC1. The number of ether oxygens (including phenoxy) is 2. The molecule has 7 heteroatoms. The molecular formula is C54H63BrN2O4. The van der Waals surface area contributed by atoms with Gasteiger partial charge in [0.15, 0.2) is 0 Å². The Hall–Kier alpha value is -4.76. The highest BCUT2D eigenvalue weighted by Crippen LogP contribution is 2.43. The van der Waals surface area contributed by atoms with Gasteiger partial charge in [-0.2, -0.15) is 0 Å². The van der Waals surface area contributed by atoms with Crippen LogP contribution in [0.4, 0.5) is 0 Å². The average Bonchev–Trinajstić information content (AvgIpc) is 3.35. The molecule has 61 heavy (non-hydrogen) atoms. The molecule has 2 aliphatic rings. The highest BCUT2D eigenvalue weighted by Gasteiger charge is 2.42. The fourth-order valence-electron chi connectivity index (χ4n) is 8.84. The van der Waals surface area contributed by atoms with Crippen LogP contribution in [0.2, 0.25) is 0 Å². The minimum absolute atomic E-state index is 0.208. The van der Waals surface area contributed by atoms with E-state index in [1.165, 1.54) is 11.1 Å². The lowest BCUT2D eigenvalue weighted by atomic mass is 9.72. The number of nitrogens with one attached hydrogen (secondary N) is 1. The van der Waals surface area contributed by atoms with E-state index in [-0.39, 0.29) is 11.8 Å². The van der Waals surface area contributed by atoms with E-state index < -0.39 is 11.2 Å². The van der Waals surface area contributed by atoms with Crippen molar-refractivity contribution in [1.29, 1.82) is 0 Å². The summed E-state index contributed by atoms with van der Waals surface area (Å²) in [5.74, 6) is 2.29. The van der Waals surface area contributed by atoms with E-state index in [0.717, 1.165) is 110 Å². The number of nitrogens with zero attached hydrogens (tertiary/aromatic N) is 1. The van der Waals surface area contributed by atoms with Crippen LogP contribution in [0.1, 0.15) is 59.1 Å². The van der Waals surface area contributed by atoms with Gasteiger partial charge in [-0.05, 0) is 134 Å². The fraction of sp³-hybridized carbons (Fsp3) is 0.333. The fourth-order valence-corrected chi connectivity index (χ4v) is 9.30. The predicted molar refractivity (Wildman–Crippen MR) is 254 cm³/mol. The van der Waals surface area contributed by atoms with Gasteiger partial charge in [0.1, 0.15) is 22.7 Å². The molecule has 0 aliphatic carbocycles. The Labute approximate surface area is 372 Å². The van der Waals surface area contributed by atoms with Crippen LogP contribution in [0.15, 0.2) is 170 Å². The number of halogens is 1. The zero-order chi connectivity index (χ0) is 42.8. The predicted octanol–water partition coefficient (Wildman–Crippen LogP) is 10.4. The highest BCUT2D eigenvalue weighted by atomic mass is 79.9. The quantitative estimate of drug-likeness (QED) is 0.100. The number of piperidine rings is 2. The first-order valence-electron chi connectivity index (χ1n) is 21.8. The largest absolute Gasteiger partial charge is 0.497 e. The summed E-state index contributed by atoms with van der Waals surface area (Å²) in [4.78, 5) is 2.52. The summed E-state index contributed by atoms with van der Waals surface area (Å²) in [5, 5.41) is 27.9. The van der Waals surface area contributed by atoms with Crippen LogP contribution in [0.5, 0.6) is 11.5 Å². The number of aryl methyl sites for hydroxylation is 1. The lowest BCUT2D eigenvalue weighted by Crippen LogP contribution is -2.44. The van der Waals surface area contributed by atoms with E-state index in [1.807, 2.05) is 121 Å². The van der Waals surface area contributed by atoms with Crippen molar-refractivity contribution in [2.75, 3.05) is 52.3 Å². The molecule has 0 atom stereocenters. The number of methoxy groups -OCH3 is 2.